The number of nitrogens with zero attached hydrogens (tertiary/aromatic N) is 2. The third-order valence-electron chi connectivity index (χ3n) is 4.82. The Labute approximate surface area is 182 Å². The molecular formula is C23H19N3O4S. The van der Waals surface area contributed by atoms with Crippen LogP contribution in [0.25, 0.3) is 21.9 Å². The third kappa shape index (κ3) is 4.02. The number of nitrogens with one attached hydrogen (secondary N) is 1. The van der Waals surface area contributed by atoms with Crippen LogP contribution in [-0.4, -0.2) is 29.3 Å². The minimum absolute atomic E-state index is 0.160. The van der Waals surface area contributed by atoms with E-state index < -0.39 is 0 Å². The summed E-state index contributed by atoms with van der Waals surface area (Å²) in [5.74, 6) is 2.39. The monoisotopic (exact) mass is 433 g/mol. The lowest BCUT2D eigenvalue weighted by Gasteiger charge is -2.18. The summed E-state index contributed by atoms with van der Waals surface area (Å²) in [5.41, 5.74) is 2.49. The number of rotatable bonds is 5. The minimum Gasteiger partial charge on any atom is -0.486 e. The summed E-state index contributed by atoms with van der Waals surface area (Å²) < 4.78 is 16.8. The van der Waals surface area contributed by atoms with Crippen LogP contribution in [0.3, 0.4) is 0 Å². The van der Waals surface area contributed by atoms with E-state index in [1.165, 1.54) is 11.3 Å². The van der Waals surface area contributed by atoms with Gasteiger partial charge in [-0.25, -0.2) is 0 Å². The first-order valence-electron chi connectivity index (χ1n) is 9.93. The normalized spacial score (nSPS) is 12.5. The molecule has 0 unspecified atom stereocenters. The highest BCUT2D eigenvalue weighted by Gasteiger charge is 2.15. The summed E-state index contributed by atoms with van der Waals surface area (Å²) in [5, 5.41) is 10.9. The number of amides is 1. The van der Waals surface area contributed by atoms with Gasteiger partial charge in [-0.15, -0.1) is 21.5 Å². The molecule has 0 saturated heterocycles. The fourth-order valence-electron chi connectivity index (χ4n) is 3.21. The first-order chi connectivity index (χ1) is 15.2. The Bertz CT molecular complexity index is 1230. The van der Waals surface area contributed by atoms with E-state index in [1.807, 2.05) is 61.5 Å². The average molecular weight is 433 g/mol. The summed E-state index contributed by atoms with van der Waals surface area (Å²) in [6.45, 7) is 3.06. The number of hydrogen-bond acceptors (Lipinski definition) is 7. The van der Waals surface area contributed by atoms with E-state index in [-0.39, 0.29) is 5.91 Å². The van der Waals surface area contributed by atoms with Gasteiger partial charge in [0.1, 0.15) is 13.2 Å². The van der Waals surface area contributed by atoms with Gasteiger partial charge >= 0.3 is 0 Å². The van der Waals surface area contributed by atoms with Crippen molar-refractivity contribution in [2.45, 2.75) is 13.3 Å². The van der Waals surface area contributed by atoms with E-state index in [2.05, 4.69) is 15.5 Å². The van der Waals surface area contributed by atoms with E-state index >= 15 is 0 Å². The van der Waals surface area contributed by atoms with Crippen LogP contribution in [0.1, 0.15) is 22.5 Å². The van der Waals surface area contributed by atoms with E-state index in [0.29, 0.717) is 42.0 Å². The van der Waals surface area contributed by atoms with Crippen molar-refractivity contribution in [3.8, 4) is 33.4 Å². The molecule has 2 aromatic carbocycles. The number of carbonyl (C=O) groups is 1. The molecule has 0 spiro atoms. The zero-order valence-electron chi connectivity index (χ0n) is 16.8. The summed E-state index contributed by atoms with van der Waals surface area (Å²) in [4.78, 5) is 14.3. The van der Waals surface area contributed by atoms with Crippen molar-refractivity contribution < 1.29 is 18.7 Å². The lowest BCUT2D eigenvalue weighted by atomic mass is 10.1. The molecule has 0 atom stereocenters. The number of ether oxygens (including phenoxy) is 2. The molecule has 1 amide bonds. The van der Waals surface area contributed by atoms with Crippen LogP contribution < -0.4 is 14.8 Å². The Morgan fingerprint density at radius 1 is 0.968 bits per heavy atom. The molecule has 4 aromatic rings. The van der Waals surface area contributed by atoms with Crippen LogP contribution in [0, 0.1) is 0 Å². The van der Waals surface area contributed by atoms with Crippen LogP contribution in [0.15, 0.2) is 59.0 Å². The quantitative estimate of drug-likeness (QED) is 0.474. The van der Waals surface area contributed by atoms with Gasteiger partial charge in [0.2, 0.25) is 11.8 Å². The zero-order chi connectivity index (χ0) is 21.2. The molecule has 31 heavy (non-hydrogen) atoms. The van der Waals surface area contributed by atoms with Gasteiger partial charge in [-0.2, -0.15) is 0 Å². The molecule has 1 aliphatic rings. The fourth-order valence-corrected chi connectivity index (χ4v) is 4.11. The molecule has 0 saturated carbocycles. The molecule has 8 heteroatoms. The molecule has 7 nitrogen and oxygen atoms in total. The predicted molar refractivity (Wildman–Crippen MR) is 118 cm³/mol. The van der Waals surface area contributed by atoms with Gasteiger partial charge in [-0.05, 0) is 60.2 Å². The summed E-state index contributed by atoms with van der Waals surface area (Å²) >= 11 is 1.43. The molecular weight excluding hydrogens is 414 g/mol. The Balaban J connectivity index is 1.28. The highest BCUT2D eigenvalue weighted by molar-refractivity contribution is 7.17. The molecule has 1 aliphatic heterocycles. The molecule has 3 heterocycles. The summed E-state index contributed by atoms with van der Waals surface area (Å²) in [7, 11) is 0. The average Bonchev–Trinajstić information content (AvgIpc) is 3.49. The number of carbonyl (C=O) groups excluding carboxylic acids is 1. The van der Waals surface area contributed by atoms with Crippen LogP contribution in [0.2, 0.25) is 0 Å². The van der Waals surface area contributed by atoms with E-state index in [1.54, 1.807) is 0 Å². The molecule has 0 radical (unpaired) electrons. The molecule has 5 rings (SSSR count). The van der Waals surface area contributed by atoms with Gasteiger partial charge in [-0.1, -0.05) is 6.92 Å². The van der Waals surface area contributed by atoms with Crippen molar-refractivity contribution >= 4 is 22.9 Å². The number of benzene rings is 2. The van der Waals surface area contributed by atoms with Crippen molar-refractivity contribution in [1.29, 1.82) is 0 Å². The number of aryl methyl sites for hydroxylation is 1. The van der Waals surface area contributed by atoms with Gasteiger partial charge < -0.3 is 19.2 Å². The maximum atomic E-state index is 12.7. The Hall–Kier alpha value is -3.65. The lowest BCUT2D eigenvalue weighted by molar-refractivity contribution is 0.103. The molecule has 2 aromatic heterocycles. The van der Waals surface area contributed by atoms with Crippen molar-refractivity contribution in [3.63, 3.8) is 0 Å². The van der Waals surface area contributed by atoms with Crippen LogP contribution in [0.4, 0.5) is 5.69 Å². The van der Waals surface area contributed by atoms with Crippen molar-refractivity contribution in [3.05, 3.63) is 65.4 Å². The molecule has 0 fully saturated rings. The predicted octanol–water partition coefficient (Wildman–Crippen LogP) is 5.05. The van der Waals surface area contributed by atoms with Crippen LogP contribution in [0.5, 0.6) is 11.5 Å². The first kappa shape index (κ1) is 19.3. The maximum Gasteiger partial charge on any atom is 0.265 e. The molecule has 0 bridgehead atoms. The topological polar surface area (TPSA) is 86.5 Å². The lowest BCUT2D eigenvalue weighted by Crippen LogP contribution is -2.15. The van der Waals surface area contributed by atoms with Gasteiger partial charge in [0, 0.05) is 22.5 Å². The zero-order valence-corrected chi connectivity index (χ0v) is 17.6. The smallest absolute Gasteiger partial charge is 0.265 e. The Morgan fingerprint density at radius 3 is 2.52 bits per heavy atom. The Morgan fingerprint density at radius 2 is 1.74 bits per heavy atom. The Kier molecular flexibility index (Phi) is 5.13. The second kappa shape index (κ2) is 8.23. The van der Waals surface area contributed by atoms with E-state index in [9.17, 15) is 4.79 Å². The highest BCUT2D eigenvalue weighted by atomic mass is 32.1. The number of anilines is 1. The first-order valence-corrected chi connectivity index (χ1v) is 10.8. The van der Waals surface area contributed by atoms with Crippen molar-refractivity contribution in [2.24, 2.45) is 0 Å². The van der Waals surface area contributed by atoms with Gasteiger partial charge in [0.05, 0.1) is 4.88 Å². The van der Waals surface area contributed by atoms with Gasteiger partial charge in [0.25, 0.3) is 5.91 Å². The van der Waals surface area contributed by atoms with E-state index in [0.717, 1.165) is 27.5 Å². The summed E-state index contributed by atoms with van der Waals surface area (Å²) in [6, 6.07) is 16.9. The number of thiophene rings is 1. The number of hydrogen-bond donors (Lipinski definition) is 1. The second-order valence-corrected chi connectivity index (χ2v) is 7.99. The third-order valence-corrected chi connectivity index (χ3v) is 5.95. The van der Waals surface area contributed by atoms with Crippen molar-refractivity contribution in [1.82, 2.24) is 10.2 Å². The largest absolute Gasteiger partial charge is 0.486 e. The number of fused-ring (bicyclic) bond motifs is 1. The molecule has 1 N–H and O–H groups in total. The SMILES string of the molecule is CCc1nnc(-c2ccc(NC(=O)c3ccc(-c4ccc5c(c4)OCCO5)s3)cc2)o1. The second-order valence-electron chi connectivity index (χ2n) is 6.91. The summed E-state index contributed by atoms with van der Waals surface area (Å²) in [6.07, 6.45) is 0.691. The van der Waals surface area contributed by atoms with Gasteiger partial charge in [0.15, 0.2) is 11.5 Å². The standard InChI is InChI=1S/C23H19N3O4S/c1-2-21-25-26-23(30-21)14-3-6-16(7-4-14)24-22(27)20-10-9-19(31-20)15-5-8-17-18(13-15)29-12-11-28-17/h3-10,13H,2,11-12H2,1H3,(H,24,27). The van der Waals surface area contributed by atoms with Crippen molar-refractivity contribution in [2.75, 3.05) is 18.5 Å². The molecule has 0 aliphatic carbocycles. The van der Waals surface area contributed by atoms with Crippen LogP contribution in [-0.2, 0) is 6.42 Å². The van der Waals surface area contributed by atoms with Gasteiger partial charge in [-0.3, -0.25) is 4.79 Å². The van der Waals surface area contributed by atoms with Crippen LogP contribution >= 0.6 is 11.3 Å². The van der Waals surface area contributed by atoms with E-state index in [4.69, 9.17) is 13.9 Å². The fraction of sp³-hybridized carbons (Fsp3) is 0.174. The maximum absolute atomic E-state index is 12.7. The highest BCUT2D eigenvalue weighted by Crippen LogP contribution is 2.37. The molecule has 156 valence electrons. The minimum atomic E-state index is -0.160. The number of aromatic nitrogens is 2.